The molecule has 4 nitrogen and oxygen atoms in total. The zero-order valence-corrected chi connectivity index (χ0v) is 13.1. The SMILES string of the molecule is CC(C)(C)CN(C(=O)CCl)C1(C)CCS(=O)(=O)C1. The van der Waals surface area contributed by atoms with E-state index in [0.717, 1.165) is 0 Å². The fourth-order valence-corrected chi connectivity index (χ4v) is 4.62. The highest BCUT2D eigenvalue weighted by atomic mass is 35.5. The van der Waals surface area contributed by atoms with Crippen molar-refractivity contribution in [2.75, 3.05) is 23.9 Å². The summed E-state index contributed by atoms with van der Waals surface area (Å²) in [6.45, 7) is 8.43. The number of alkyl halides is 1. The van der Waals surface area contributed by atoms with Crippen molar-refractivity contribution in [3.63, 3.8) is 0 Å². The number of hydrogen-bond donors (Lipinski definition) is 0. The molecule has 0 saturated carbocycles. The van der Waals surface area contributed by atoms with Crippen molar-refractivity contribution < 1.29 is 13.2 Å². The molecule has 1 aliphatic rings. The zero-order valence-electron chi connectivity index (χ0n) is 11.5. The smallest absolute Gasteiger partial charge is 0.237 e. The Kier molecular flexibility index (Phi) is 4.38. The molecule has 0 aromatic rings. The molecule has 0 bridgehead atoms. The molecule has 0 N–H and O–H groups in total. The largest absolute Gasteiger partial charge is 0.335 e. The van der Waals surface area contributed by atoms with Crippen LogP contribution in [0, 0.1) is 5.41 Å². The maximum atomic E-state index is 12.0. The van der Waals surface area contributed by atoms with Gasteiger partial charge in [-0.1, -0.05) is 20.8 Å². The Bertz CT molecular complexity index is 427. The minimum absolute atomic E-state index is 0.0404. The number of carbonyl (C=O) groups is 1. The lowest BCUT2D eigenvalue weighted by Crippen LogP contribution is -2.54. The molecule has 0 aromatic carbocycles. The monoisotopic (exact) mass is 295 g/mol. The van der Waals surface area contributed by atoms with Crippen molar-refractivity contribution >= 4 is 27.3 Å². The van der Waals surface area contributed by atoms with Crippen LogP contribution in [-0.2, 0) is 14.6 Å². The molecule has 0 aliphatic carbocycles. The molecule has 6 heteroatoms. The number of halogens is 1. The molecule has 1 aliphatic heterocycles. The molecular weight excluding hydrogens is 274 g/mol. The summed E-state index contributed by atoms with van der Waals surface area (Å²) in [4.78, 5) is 13.6. The van der Waals surface area contributed by atoms with Crippen LogP contribution in [0.4, 0.5) is 0 Å². The van der Waals surface area contributed by atoms with Crippen molar-refractivity contribution in [3.8, 4) is 0 Å². The van der Waals surface area contributed by atoms with Gasteiger partial charge in [0.25, 0.3) is 0 Å². The number of rotatable bonds is 3. The van der Waals surface area contributed by atoms with Crippen LogP contribution >= 0.6 is 11.6 Å². The lowest BCUT2D eigenvalue weighted by molar-refractivity contribution is -0.135. The first-order valence-electron chi connectivity index (χ1n) is 6.06. The molecule has 18 heavy (non-hydrogen) atoms. The lowest BCUT2D eigenvalue weighted by Gasteiger charge is -2.41. The maximum absolute atomic E-state index is 12.0. The van der Waals surface area contributed by atoms with Gasteiger partial charge in [0.2, 0.25) is 5.91 Å². The average Bonchev–Trinajstić information content (AvgIpc) is 2.48. The molecule has 1 unspecified atom stereocenters. The standard InChI is InChI=1S/C12H22ClNO3S/c1-11(2,3)8-14(10(15)7-13)12(4)5-6-18(16,17)9-12/h5-9H2,1-4H3. The third-order valence-electron chi connectivity index (χ3n) is 3.18. The molecule has 1 atom stereocenters. The Morgan fingerprint density at radius 1 is 1.39 bits per heavy atom. The first kappa shape index (κ1) is 15.8. The van der Waals surface area contributed by atoms with Crippen LogP contribution in [0.3, 0.4) is 0 Å². The second-order valence-corrected chi connectivity index (χ2v) is 8.96. The van der Waals surface area contributed by atoms with Crippen LogP contribution in [0.25, 0.3) is 0 Å². The highest BCUT2D eigenvalue weighted by Gasteiger charge is 2.45. The van der Waals surface area contributed by atoms with Crippen LogP contribution in [0.1, 0.15) is 34.1 Å². The van der Waals surface area contributed by atoms with Crippen LogP contribution in [0.15, 0.2) is 0 Å². The lowest BCUT2D eigenvalue weighted by atomic mass is 9.91. The molecule has 0 spiro atoms. The van der Waals surface area contributed by atoms with E-state index in [1.165, 1.54) is 0 Å². The van der Waals surface area contributed by atoms with Crippen molar-refractivity contribution in [2.45, 2.75) is 39.7 Å². The van der Waals surface area contributed by atoms with Gasteiger partial charge in [-0.3, -0.25) is 4.79 Å². The Labute approximate surface area is 115 Å². The zero-order chi connectivity index (χ0) is 14.2. The summed E-state index contributed by atoms with van der Waals surface area (Å²) in [5, 5.41) is 0. The van der Waals surface area contributed by atoms with E-state index < -0.39 is 15.4 Å². The van der Waals surface area contributed by atoms with E-state index in [9.17, 15) is 13.2 Å². The van der Waals surface area contributed by atoms with E-state index in [1.54, 1.807) is 4.90 Å². The van der Waals surface area contributed by atoms with Crippen molar-refractivity contribution in [3.05, 3.63) is 0 Å². The number of sulfone groups is 1. The molecular formula is C12H22ClNO3S. The van der Waals surface area contributed by atoms with E-state index in [1.807, 2.05) is 27.7 Å². The van der Waals surface area contributed by atoms with E-state index in [0.29, 0.717) is 13.0 Å². The van der Waals surface area contributed by atoms with E-state index in [4.69, 9.17) is 11.6 Å². The van der Waals surface area contributed by atoms with E-state index in [2.05, 4.69) is 0 Å². The van der Waals surface area contributed by atoms with E-state index in [-0.39, 0.29) is 28.7 Å². The number of carbonyl (C=O) groups excluding carboxylic acids is 1. The van der Waals surface area contributed by atoms with Crippen LogP contribution in [0.2, 0.25) is 0 Å². The minimum atomic E-state index is -3.03. The third kappa shape index (κ3) is 3.85. The van der Waals surface area contributed by atoms with Gasteiger partial charge in [0.05, 0.1) is 17.0 Å². The van der Waals surface area contributed by atoms with Crippen LogP contribution < -0.4 is 0 Å². The number of amides is 1. The Morgan fingerprint density at radius 2 is 1.94 bits per heavy atom. The second kappa shape index (κ2) is 5.00. The highest BCUT2D eigenvalue weighted by Crippen LogP contribution is 2.32. The molecule has 1 amide bonds. The number of nitrogens with zero attached hydrogens (tertiary/aromatic N) is 1. The first-order chi connectivity index (χ1) is 7.99. The topological polar surface area (TPSA) is 54.5 Å². The molecule has 0 radical (unpaired) electrons. The fourth-order valence-electron chi connectivity index (χ4n) is 2.33. The molecule has 1 fully saturated rings. The van der Waals surface area contributed by atoms with Gasteiger partial charge >= 0.3 is 0 Å². The fraction of sp³-hybridized carbons (Fsp3) is 0.917. The normalized spacial score (nSPS) is 27.2. The summed E-state index contributed by atoms with van der Waals surface area (Å²) >= 11 is 5.65. The second-order valence-electron chi connectivity index (χ2n) is 6.51. The Balaban J connectivity index is 3.01. The summed E-state index contributed by atoms with van der Waals surface area (Å²) in [7, 11) is -3.03. The summed E-state index contributed by atoms with van der Waals surface area (Å²) < 4.78 is 23.3. The predicted octanol–water partition coefficient (Wildman–Crippen LogP) is 1.68. The van der Waals surface area contributed by atoms with Crippen LogP contribution in [0.5, 0.6) is 0 Å². The number of hydrogen-bond acceptors (Lipinski definition) is 3. The summed E-state index contributed by atoms with van der Waals surface area (Å²) in [6.07, 6.45) is 0.494. The summed E-state index contributed by atoms with van der Waals surface area (Å²) in [5.74, 6) is -0.101. The van der Waals surface area contributed by atoms with Crippen molar-refractivity contribution in [1.82, 2.24) is 4.90 Å². The van der Waals surface area contributed by atoms with Gasteiger partial charge in [-0.15, -0.1) is 11.6 Å². The van der Waals surface area contributed by atoms with Crippen LogP contribution in [-0.4, -0.2) is 48.7 Å². The first-order valence-corrected chi connectivity index (χ1v) is 8.42. The third-order valence-corrected chi connectivity index (χ3v) is 5.30. The molecule has 1 rings (SSSR count). The van der Waals surface area contributed by atoms with Gasteiger partial charge in [0.1, 0.15) is 5.88 Å². The van der Waals surface area contributed by atoms with E-state index >= 15 is 0 Å². The van der Waals surface area contributed by atoms with Crippen molar-refractivity contribution in [1.29, 1.82) is 0 Å². The highest BCUT2D eigenvalue weighted by molar-refractivity contribution is 7.91. The summed E-state index contributed by atoms with van der Waals surface area (Å²) in [5.41, 5.74) is -0.699. The maximum Gasteiger partial charge on any atom is 0.237 e. The van der Waals surface area contributed by atoms with Gasteiger partial charge in [0.15, 0.2) is 9.84 Å². The van der Waals surface area contributed by atoms with Gasteiger partial charge < -0.3 is 4.90 Å². The van der Waals surface area contributed by atoms with Crippen molar-refractivity contribution in [2.24, 2.45) is 5.41 Å². The minimum Gasteiger partial charge on any atom is -0.335 e. The molecule has 1 saturated heterocycles. The van der Waals surface area contributed by atoms with Gasteiger partial charge in [-0.05, 0) is 18.8 Å². The Morgan fingerprint density at radius 3 is 2.28 bits per heavy atom. The summed E-state index contributed by atoms with van der Waals surface area (Å²) in [6, 6.07) is 0. The Hall–Kier alpha value is -0.290. The quantitative estimate of drug-likeness (QED) is 0.744. The van der Waals surface area contributed by atoms with Gasteiger partial charge in [-0.2, -0.15) is 0 Å². The molecule has 1 heterocycles. The molecule has 0 aromatic heterocycles. The van der Waals surface area contributed by atoms with Gasteiger partial charge in [-0.25, -0.2) is 8.42 Å². The average molecular weight is 296 g/mol. The predicted molar refractivity (Wildman–Crippen MR) is 73.6 cm³/mol. The molecule has 106 valence electrons. The van der Waals surface area contributed by atoms with Gasteiger partial charge in [0, 0.05) is 6.54 Å².